The quantitative estimate of drug-likeness (QED) is 0.588. The third kappa shape index (κ3) is 4.32. The average Bonchev–Trinajstić information content (AvgIpc) is 2.14. The Morgan fingerprint density at radius 2 is 2.46 bits per heavy atom. The number of carbonyl (C=O) groups is 1. The van der Waals surface area contributed by atoms with Crippen molar-refractivity contribution in [3.8, 4) is 0 Å². The number of aromatic nitrogens is 1. The molecule has 0 radical (unpaired) electrons. The van der Waals surface area contributed by atoms with Crippen LogP contribution in [0.4, 0.5) is 0 Å². The molecule has 1 rings (SSSR count). The van der Waals surface area contributed by atoms with Crippen LogP contribution in [0.5, 0.6) is 0 Å². The van der Waals surface area contributed by atoms with Crippen LogP contribution in [0.2, 0.25) is 0 Å². The van der Waals surface area contributed by atoms with E-state index in [4.69, 9.17) is 5.11 Å². The molecule has 0 aliphatic carbocycles. The van der Waals surface area contributed by atoms with Gasteiger partial charge in [0.2, 0.25) is 0 Å². The molecule has 0 unspecified atom stereocenters. The molecule has 1 heterocycles. The predicted octanol–water partition coefficient (Wildman–Crippen LogP) is 1.81. The van der Waals surface area contributed by atoms with Crippen LogP contribution in [0, 0.1) is 0 Å². The molecule has 68 valence electrons. The summed E-state index contributed by atoms with van der Waals surface area (Å²) >= 11 is 1.50. The van der Waals surface area contributed by atoms with Crippen molar-refractivity contribution in [2.75, 3.05) is 5.75 Å². The first kappa shape index (κ1) is 9.80. The molecule has 0 fully saturated rings. The second-order valence-corrected chi connectivity index (χ2v) is 3.26. The third-order valence-electron chi connectivity index (χ3n) is 1.23. The molecule has 13 heavy (non-hydrogen) atoms. The number of hydrogen-bond acceptors (Lipinski definition) is 3. The van der Waals surface area contributed by atoms with Gasteiger partial charge in [-0.25, -0.2) is 9.78 Å². The smallest absolute Gasteiger partial charge is 0.328 e. The molecule has 0 saturated carbocycles. The number of nitrogens with zero attached hydrogens (tertiary/aromatic N) is 1. The molecule has 0 bridgehead atoms. The van der Waals surface area contributed by atoms with Gasteiger partial charge in [0.15, 0.2) is 0 Å². The minimum absolute atomic E-state index is 0.628. The van der Waals surface area contributed by atoms with Gasteiger partial charge in [-0.3, -0.25) is 0 Å². The second-order valence-electron chi connectivity index (χ2n) is 2.22. The lowest BCUT2D eigenvalue weighted by atomic mass is 10.5. The number of thioether (sulfide) groups is 1. The summed E-state index contributed by atoms with van der Waals surface area (Å²) in [5.41, 5.74) is 0. The molecule has 0 amide bonds. The van der Waals surface area contributed by atoms with Gasteiger partial charge in [-0.15, -0.1) is 11.8 Å². The molecule has 0 spiro atoms. The van der Waals surface area contributed by atoms with Gasteiger partial charge in [-0.2, -0.15) is 0 Å². The maximum atomic E-state index is 10.1. The van der Waals surface area contributed by atoms with E-state index in [-0.39, 0.29) is 0 Å². The Morgan fingerprint density at radius 1 is 1.62 bits per heavy atom. The van der Waals surface area contributed by atoms with Crippen molar-refractivity contribution in [2.45, 2.75) is 5.03 Å². The summed E-state index contributed by atoms with van der Waals surface area (Å²) in [6, 6.07) is 5.63. The van der Waals surface area contributed by atoms with Crippen LogP contribution in [0.1, 0.15) is 0 Å². The fourth-order valence-corrected chi connectivity index (χ4v) is 1.39. The molecular formula is C9H9NO2S. The van der Waals surface area contributed by atoms with Crippen LogP contribution in [0.15, 0.2) is 41.6 Å². The zero-order valence-electron chi connectivity index (χ0n) is 6.88. The van der Waals surface area contributed by atoms with Crippen LogP contribution in [0.25, 0.3) is 0 Å². The molecule has 1 aromatic rings. The van der Waals surface area contributed by atoms with Gasteiger partial charge in [0.25, 0.3) is 0 Å². The summed E-state index contributed by atoms with van der Waals surface area (Å²) in [5.74, 6) is -0.287. The Morgan fingerprint density at radius 3 is 3.08 bits per heavy atom. The van der Waals surface area contributed by atoms with Crippen LogP contribution >= 0.6 is 11.8 Å². The van der Waals surface area contributed by atoms with Crippen LogP contribution < -0.4 is 0 Å². The summed E-state index contributed by atoms with van der Waals surface area (Å²) in [4.78, 5) is 14.2. The molecule has 0 saturated heterocycles. The summed E-state index contributed by atoms with van der Waals surface area (Å²) in [6.07, 6.45) is 4.45. The fraction of sp³-hybridized carbons (Fsp3) is 0.111. The normalized spacial score (nSPS) is 10.5. The Hall–Kier alpha value is -1.29. The zero-order chi connectivity index (χ0) is 9.52. The van der Waals surface area contributed by atoms with Gasteiger partial charge in [0, 0.05) is 18.0 Å². The predicted molar refractivity (Wildman–Crippen MR) is 51.7 cm³/mol. The third-order valence-corrected chi connectivity index (χ3v) is 2.12. The fourth-order valence-electron chi connectivity index (χ4n) is 0.715. The highest BCUT2D eigenvalue weighted by molar-refractivity contribution is 7.99. The summed E-state index contributed by atoms with van der Waals surface area (Å²) in [7, 11) is 0. The van der Waals surface area contributed by atoms with E-state index in [2.05, 4.69) is 4.98 Å². The molecule has 1 aromatic heterocycles. The molecular weight excluding hydrogens is 186 g/mol. The summed E-state index contributed by atoms with van der Waals surface area (Å²) in [5, 5.41) is 9.20. The highest BCUT2D eigenvalue weighted by Gasteiger charge is 1.90. The molecule has 4 heteroatoms. The van der Waals surface area contributed by atoms with E-state index in [1.54, 1.807) is 12.3 Å². The maximum Gasteiger partial charge on any atom is 0.328 e. The standard InChI is InChI=1S/C9H9NO2S/c11-9(12)5-3-7-13-8-4-1-2-6-10-8/h1-6H,7H2,(H,11,12). The summed E-state index contributed by atoms with van der Waals surface area (Å²) in [6.45, 7) is 0. The van der Waals surface area contributed by atoms with Crippen molar-refractivity contribution < 1.29 is 9.90 Å². The number of carboxylic acids is 1. The number of rotatable bonds is 4. The average molecular weight is 195 g/mol. The maximum absolute atomic E-state index is 10.1. The highest BCUT2D eigenvalue weighted by Crippen LogP contribution is 2.13. The van der Waals surface area contributed by atoms with Crippen molar-refractivity contribution in [1.82, 2.24) is 4.98 Å². The number of carboxylic acid groups (broad SMARTS) is 1. The van der Waals surface area contributed by atoms with Gasteiger partial charge >= 0.3 is 5.97 Å². The van der Waals surface area contributed by atoms with E-state index in [0.29, 0.717) is 5.75 Å². The van der Waals surface area contributed by atoms with Gasteiger partial charge in [-0.05, 0) is 12.1 Å². The lowest BCUT2D eigenvalue weighted by Crippen LogP contribution is -1.86. The molecule has 0 atom stereocenters. The summed E-state index contributed by atoms with van der Waals surface area (Å²) < 4.78 is 0. The van der Waals surface area contributed by atoms with Crippen molar-refractivity contribution in [3.63, 3.8) is 0 Å². The molecule has 3 nitrogen and oxygen atoms in total. The van der Waals surface area contributed by atoms with Gasteiger partial charge in [-0.1, -0.05) is 12.1 Å². The Balaban J connectivity index is 2.32. The molecule has 1 N–H and O–H groups in total. The van der Waals surface area contributed by atoms with Gasteiger partial charge in [0.1, 0.15) is 0 Å². The Bertz CT molecular complexity index is 298. The minimum atomic E-state index is -0.915. The lowest BCUT2D eigenvalue weighted by molar-refractivity contribution is -0.131. The van der Waals surface area contributed by atoms with E-state index in [9.17, 15) is 4.79 Å². The highest BCUT2D eigenvalue weighted by atomic mass is 32.2. The van der Waals surface area contributed by atoms with E-state index in [0.717, 1.165) is 11.1 Å². The zero-order valence-corrected chi connectivity index (χ0v) is 7.70. The topological polar surface area (TPSA) is 50.2 Å². The largest absolute Gasteiger partial charge is 0.478 e. The minimum Gasteiger partial charge on any atom is -0.478 e. The van der Waals surface area contributed by atoms with E-state index >= 15 is 0 Å². The Labute approximate surface area is 80.5 Å². The second kappa shape index (κ2) is 5.37. The first-order chi connectivity index (χ1) is 6.29. The SMILES string of the molecule is O=C(O)C=CCSc1ccccn1. The number of aliphatic carboxylic acids is 1. The van der Waals surface area contributed by atoms with Crippen LogP contribution in [-0.2, 0) is 4.79 Å². The van der Waals surface area contributed by atoms with Crippen molar-refractivity contribution in [1.29, 1.82) is 0 Å². The van der Waals surface area contributed by atoms with E-state index < -0.39 is 5.97 Å². The number of hydrogen-bond donors (Lipinski definition) is 1. The number of pyridine rings is 1. The van der Waals surface area contributed by atoms with Gasteiger partial charge < -0.3 is 5.11 Å². The van der Waals surface area contributed by atoms with Crippen molar-refractivity contribution in [3.05, 3.63) is 36.5 Å². The van der Waals surface area contributed by atoms with Crippen LogP contribution in [-0.4, -0.2) is 21.8 Å². The van der Waals surface area contributed by atoms with Crippen molar-refractivity contribution in [2.24, 2.45) is 0 Å². The van der Waals surface area contributed by atoms with E-state index in [1.165, 1.54) is 11.8 Å². The first-order valence-electron chi connectivity index (χ1n) is 3.72. The van der Waals surface area contributed by atoms with Crippen molar-refractivity contribution >= 4 is 17.7 Å². The molecule has 0 aliphatic heterocycles. The van der Waals surface area contributed by atoms with Crippen LogP contribution in [0.3, 0.4) is 0 Å². The molecule has 0 aliphatic rings. The van der Waals surface area contributed by atoms with E-state index in [1.807, 2.05) is 18.2 Å². The first-order valence-corrected chi connectivity index (χ1v) is 4.71. The lowest BCUT2D eigenvalue weighted by Gasteiger charge is -1.94. The van der Waals surface area contributed by atoms with Gasteiger partial charge in [0.05, 0.1) is 5.03 Å². The monoisotopic (exact) mass is 195 g/mol. The Kier molecular flexibility index (Phi) is 4.05. The molecule has 0 aromatic carbocycles.